The highest BCUT2D eigenvalue weighted by Gasteiger charge is 2.38. The number of nitrogens with two attached hydrogens (primary N) is 1. The number of aromatic nitrogens is 4. The van der Waals surface area contributed by atoms with Gasteiger partial charge in [0.25, 0.3) is 6.01 Å². The molecule has 1 aliphatic rings. The summed E-state index contributed by atoms with van der Waals surface area (Å²) in [5, 5.41) is 5.01. The van der Waals surface area contributed by atoms with Crippen LogP contribution in [-0.4, -0.2) is 26.3 Å². The van der Waals surface area contributed by atoms with E-state index in [0.29, 0.717) is 58.7 Å². The Morgan fingerprint density at radius 1 is 0.913 bits per heavy atom. The van der Waals surface area contributed by atoms with E-state index in [-0.39, 0.29) is 25.1 Å². The van der Waals surface area contributed by atoms with Gasteiger partial charge in [0.05, 0.1) is 22.5 Å². The average molecular weight is 663 g/mol. The van der Waals surface area contributed by atoms with Crippen LogP contribution in [-0.2, 0) is 38.7 Å². The van der Waals surface area contributed by atoms with Gasteiger partial charge in [-0.25, -0.2) is 4.98 Å². The molecule has 0 bridgehead atoms. The van der Waals surface area contributed by atoms with E-state index in [2.05, 4.69) is 10.1 Å². The summed E-state index contributed by atoms with van der Waals surface area (Å²) in [6.45, 7) is 0.890. The van der Waals surface area contributed by atoms with E-state index in [9.17, 15) is 39.5 Å². The summed E-state index contributed by atoms with van der Waals surface area (Å²) in [6, 6.07) is 2.10. The lowest BCUT2D eigenvalue weighted by molar-refractivity contribution is -0.143. The van der Waals surface area contributed by atoms with Gasteiger partial charge in [0, 0.05) is 38.0 Å². The van der Waals surface area contributed by atoms with Crippen LogP contribution in [0.1, 0.15) is 77.4 Å². The van der Waals surface area contributed by atoms with Crippen LogP contribution in [0.5, 0.6) is 0 Å². The van der Waals surface area contributed by atoms with E-state index >= 15 is 0 Å². The van der Waals surface area contributed by atoms with Crippen LogP contribution < -0.4 is 10.6 Å². The summed E-state index contributed by atoms with van der Waals surface area (Å²) in [5.41, 5.74) is 3.30. The van der Waals surface area contributed by atoms with Crippen LogP contribution in [0.15, 0.2) is 34.9 Å². The molecule has 1 aromatic carbocycles. The molecule has 3 heterocycles. The van der Waals surface area contributed by atoms with Gasteiger partial charge in [-0.1, -0.05) is 25.7 Å². The van der Waals surface area contributed by atoms with Crippen molar-refractivity contribution in [3.05, 3.63) is 69.9 Å². The SMILES string of the molecule is Cc1nn(C)c2nc(C(CN)CC3CCCC3)c(CN(Cc3cc(C(F)(F)F)cc(C(F)(F)F)c3)c3nc(C(F)(F)F)co3)cc12. The van der Waals surface area contributed by atoms with Crippen LogP contribution >= 0.6 is 0 Å². The molecule has 2 N–H and O–H groups in total. The first-order chi connectivity index (χ1) is 21.4. The van der Waals surface area contributed by atoms with Gasteiger partial charge in [0.15, 0.2) is 11.3 Å². The number of pyridine rings is 1. The number of anilines is 1. The molecule has 1 unspecified atom stereocenters. The van der Waals surface area contributed by atoms with Crippen molar-refractivity contribution in [2.75, 3.05) is 11.4 Å². The Morgan fingerprint density at radius 3 is 2.09 bits per heavy atom. The maximum Gasteiger partial charge on any atom is 0.436 e. The third-order valence-corrected chi connectivity index (χ3v) is 8.31. The summed E-state index contributed by atoms with van der Waals surface area (Å²) in [4.78, 5) is 9.43. The summed E-state index contributed by atoms with van der Waals surface area (Å²) in [6.07, 6.45) is -10.0. The maximum absolute atomic E-state index is 13.6. The second kappa shape index (κ2) is 12.4. The van der Waals surface area contributed by atoms with E-state index in [1.807, 2.05) is 0 Å². The van der Waals surface area contributed by atoms with Crippen LogP contribution in [0.3, 0.4) is 0 Å². The minimum Gasteiger partial charge on any atom is -0.431 e. The van der Waals surface area contributed by atoms with Crippen LogP contribution in [0.2, 0.25) is 0 Å². The van der Waals surface area contributed by atoms with Crippen LogP contribution in [0.25, 0.3) is 11.0 Å². The molecule has 250 valence electrons. The predicted octanol–water partition coefficient (Wildman–Crippen LogP) is 8.15. The third kappa shape index (κ3) is 7.26. The summed E-state index contributed by atoms with van der Waals surface area (Å²) >= 11 is 0. The lowest BCUT2D eigenvalue weighted by Crippen LogP contribution is -2.26. The lowest BCUT2D eigenvalue weighted by Gasteiger charge is -2.26. The molecule has 7 nitrogen and oxygen atoms in total. The number of aryl methyl sites for hydroxylation is 2. The van der Waals surface area contributed by atoms with E-state index in [1.54, 1.807) is 24.7 Å². The van der Waals surface area contributed by atoms with E-state index in [4.69, 9.17) is 15.1 Å². The van der Waals surface area contributed by atoms with E-state index in [1.165, 1.54) is 0 Å². The standard InChI is InChI=1S/C30H31F9N6O/c1-16-23-10-20(25(42-26(23)44(2)43-16)19(12-40)7-17-5-3-4-6-17)14-45(27-41-24(15-46-27)30(37,38)39)13-18-8-21(28(31,32)33)11-22(9-18)29(34,35)36/h8-11,15,17,19H,3-7,12-14,40H2,1-2H3. The first-order valence-electron chi connectivity index (χ1n) is 14.5. The molecule has 0 aliphatic heterocycles. The molecule has 1 aliphatic carbocycles. The van der Waals surface area contributed by atoms with Crippen LogP contribution in [0, 0.1) is 12.8 Å². The van der Waals surface area contributed by atoms with Crippen molar-refractivity contribution in [2.24, 2.45) is 18.7 Å². The molecule has 5 rings (SSSR count). The molecule has 1 saturated carbocycles. The fraction of sp³-hybridized carbons (Fsp3) is 0.500. The third-order valence-electron chi connectivity index (χ3n) is 8.31. The quantitative estimate of drug-likeness (QED) is 0.182. The summed E-state index contributed by atoms with van der Waals surface area (Å²) in [5.74, 6) is 0.0792. The molecule has 0 spiro atoms. The minimum atomic E-state index is -5.12. The topological polar surface area (TPSA) is 86.0 Å². The van der Waals surface area contributed by atoms with Gasteiger partial charge in [-0.3, -0.25) is 4.68 Å². The first-order valence-corrected chi connectivity index (χ1v) is 14.5. The molecule has 46 heavy (non-hydrogen) atoms. The fourth-order valence-electron chi connectivity index (χ4n) is 6.11. The van der Waals surface area contributed by atoms with Crippen molar-refractivity contribution >= 4 is 17.0 Å². The number of benzene rings is 1. The Hall–Kier alpha value is -3.82. The smallest absolute Gasteiger partial charge is 0.431 e. The Morgan fingerprint density at radius 2 is 1.54 bits per heavy atom. The van der Waals surface area contributed by atoms with Crippen molar-refractivity contribution in [1.82, 2.24) is 19.7 Å². The number of hydrogen-bond acceptors (Lipinski definition) is 6. The van der Waals surface area contributed by atoms with E-state index in [0.717, 1.165) is 30.6 Å². The van der Waals surface area contributed by atoms with Gasteiger partial charge in [-0.05, 0) is 54.7 Å². The number of oxazole rings is 1. The van der Waals surface area contributed by atoms with Crippen molar-refractivity contribution < 1.29 is 43.9 Å². The highest BCUT2D eigenvalue weighted by molar-refractivity contribution is 5.79. The zero-order valence-electron chi connectivity index (χ0n) is 24.8. The van der Waals surface area contributed by atoms with Crippen molar-refractivity contribution in [1.29, 1.82) is 0 Å². The van der Waals surface area contributed by atoms with Gasteiger partial charge in [-0.2, -0.15) is 49.6 Å². The molecular weight excluding hydrogens is 631 g/mol. The number of hydrogen-bond donors (Lipinski definition) is 1. The minimum absolute atomic E-state index is 0.0171. The van der Waals surface area contributed by atoms with Gasteiger partial charge >= 0.3 is 18.5 Å². The Balaban J connectivity index is 1.64. The van der Waals surface area contributed by atoms with Gasteiger partial charge < -0.3 is 15.1 Å². The molecule has 1 atom stereocenters. The molecule has 0 radical (unpaired) electrons. The zero-order chi connectivity index (χ0) is 33.6. The number of nitrogens with zero attached hydrogens (tertiary/aromatic N) is 5. The zero-order valence-corrected chi connectivity index (χ0v) is 24.8. The number of halogens is 9. The number of fused-ring (bicyclic) bond motifs is 1. The van der Waals surface area contributed by atoms with E-state index < -0.39 is 53.5 Å². The normalized spacial score (nSPS) is 15.7. The molecule has 3 aromatic heterocycles. The van der Waals surface area contributed by atoms with Crippen molar-refractivity contribution in [3.63, 3.8) is 0 Å². The number of alkyl halides is 9. The summed E-state index contributed by atoms with van der Waals surface area (Å²) in [7, 11) is 1.70. The Labute approximate surface area is 257 Å². The Kier molecular flexibility index (Phi) is 9.05. The predicted molar refractivity (Wildman–Crippen MR) is 149 cm³/mol. The molecule has 1 fully saturated rings. The van der Waals surface area contributed by atoms with Crippen molar-refractivity contribution in [3.8, 4) is 0 Å². The summed E-state index contributed by atoms with van der Waals surface area (Å²) < 4.78 is 129. The molecular formula is C30H31F9N6O. The highest BCUT2D eigenvalue weighted by atomic mass is 19.4. The highest BCUT2D eigenvalue weighted by Crippen LogP contribution is 2.39. The second-order valence-electron chi connectivity index (χ2n) is 11.7. The molecule has 16 heteroatoms. The second-order valence-corrected chi connectivity index (χ2v) is 11.7. The first kappa shape index (κ1) is 33.5. The van der Waals surface area contributed by atoms with Gasteiger partial charge in [0.2, 0.25) is 0 Å². The lowest BCUT2D eigenvalue weighted by atomic mass is 9.88. The average Bonchev–Trinajstić information content (AvgIpc) is 3.71. The van der Waals surface area contributed by atoms with Gasteiger partial charge in [0.1, 0.15) is 6.26 Å². The Bertz CT molecular complexity index is 1650. The van der Waals surface area contributed by atoms with Crippen molar-refractivity contribution in [2.45, 2.75) is 76.6 Å². The maximum atomic E-state index is 13.6. The van der Waals surface area contributed by atoms with Crippen LogP contribution in [0.4, 0.5) is 45.5 Å². The largest absolute Gasteiger partial charge is 0.436 e. The monoisotopic (exact) mass is 662 g/mol. The van der Waals surface area contributed by atoms with Gasteiger partial charge in [-0.15, -0.1) is 0 Å². The molecule has 0 amide bonds. The number of rotatable bonds is 9. The fourth-order valence-corrected chi connectivity index (χ4v) is 6.11. The molecule has 4 aromatic rings. The molecule has 0 saturated heterocycles.